The lowest BCUT2D eigenvalue weighted by atomic mass is 10.1. The van der Waals surface area contributed by atoms with Crippen LogP contribution in [0.1, 0.15) is 31.2 Å². The van der Waals surface area contributed by atoms with Crippen molar-refractivity contribution < 1.29 is 47.5 Å². The molecule has 0 saturated carbocycles. The number of carbonyl (C=O) groups is 2. The average molecular weight is 649 g/mol. The quantitative estimate of drug-likeness (QED) is 0.151. The fraction of sp³-hybridized carbons (Fsp3) is 0.345. The maximum atomic E-state index is 14.6. The lowest BCUT2D eigenvalue weighted by Gasteiger charge is -2.17. The van der Waals surface area contributed by atoms with Crippen molar-refractivity contribution in [2.75, 3.05) is 40.6 Å². The zero-order valence-electron chi connectivity index (χ0n) is 24.7. The summed E-state index contributed by atoms with van der Waals surface area (Å²) < 4.78 is 47.9. The molecule has 0 aliphatic heterocycles. The summed E-state index contributed by atoms with van der Waals surface area (Å²) in [6.07, 6.45) is 0. The Hall–Kier alpha value is -4.89. The fourth-order valence-corrected chi connectivity index (χ4v) is 4.57. The Bertz CT molecular complexity index is 1740. The highest BCUT2D eigenvalue weighted by Crippen LogP contribution is 2.38. The van der Waals surface area contributed by atoms with Crippen LogP contribution in [-0.4, -0.2) is 77.2 Å². The van der Waals surface area contributed by atoms with E-state index >= 15 is 0 Å². The summed E-state index contributed by atoms with van der Waals surface area (Å²) in [7, 11) is 2.66. The molecule has 0 fully saturated rings. The van der Waals surface area contributed by atoms with E-state index in [-0.39, 0.29) is 89.4 Å². The molecule has 2 aromatic heterocycles. The number of nitrogens with one attached hydrogen (secondary N) is 1. The molecule has 0 aliphatic rings. The van der Waals surface area contributed by atoms with Crippen LogP contribution in [0.5, 0.6) is 23.1 Å². The van der Waals surface area contributed by atoms with Gasteiger partial charge in [0.25, 0.3) is 0 Å². The molecule has 2 aromatic carbocycles. The Morgan fingerprint density at radius 2 is 1.71 bits per heavy atom. The standard InChI is InChI=1S/C29H30ClFN4O10/c1-5-42-27(37)22(28(38)43-6-2)24-33-25-23(26(34-24)41-4)32-29(39)35(25)18-13-21(20(12-16(18)30)44-11-10-36)45-14-15-17(31)8-7-9-19(15)40-3/h7-9,12-13,22,36H,5-6,10-11,14H2,1-4H3,(H,32,39). The SMILES string of the molecule is CCOC(=O)C(C(=O)OCC)c1nc(OC)c2[nH]c(=O)n(-c3cc(OCc4c(F)cccc4OC)c(OCCO)cc3Cl)c2n1. The molecule has 4 aromatic rings. The Morgan fingerprint density at radius 1 is 1.02 bits per heavy atom. The third kappa shape index (κ3) is 6.94. The van der Waals surface area contributed by atoms with Gasteiger partial charge < -0.3 is 33.5 Å². The molecular weight excluding hydrogens is 619 g/mol. The van der Waals surface area contributed by atoms with Crippen molar-refractivity contribution >= 4 is 34.7 Å². The molecule has 16 heteroatoms. The Morgan fingerprint density at radius 3 is 2.33 bits per heavy atom. The molecule has 0 unspecified atom stereocenters. The van der Waals surface area contributed by atoms with Gasteiger partial charge in [-0.3, -0.25) is 14.6 Å². The zero-order valence-corrected chi connectivity index (χ0v) is 25.5. The molecule has 4 rings (SSSR count). The topological polar surface area (TPSA) is 173 Å². The lowest BCUT2D eigenvalue weighted by molar-refractivity contribution is -0.157. The van der Waals surface area contributed by atoms with Crippen LogP contribution in [0.4, 0.5) is 4.39 Å². The van der Waals surface area contributed by atoms with Gasteiger partial charge in [0.1, 0.15) is 30.3 Å². The molecule has 2 N–H and O–H groups in total. The number of aromatic nitrogens is 4. The molecule has 0 bridgehead atoms. The summed E-state index contributed by atoms with van der Waals surface area (Å²) in [5.41, 5.74) is -0.706. The minimum absolute atomic E-state index is 0.0200. The van der Waals surface area contributed by atoms with Crippen molar-refractivity contribution in [2.24, 2.45) is 0 Å². The van der Waals surface area contributed by atoms with Crippen LogP contribution in [0.25, 0.3) is 16.9 Å². The van der Waals surface area contributed by atoms with Crippen LogP contribution in [0.15, 0.2) is 35.1 Å². The van der Waals surface area contributed by atoms with Crippen molar-refractivity contribution in [2.45, 2.75) is 26.4 Å². The number of aliphatic hydroxyl groups excluding tert-OH is 1. The van der Waals surface area contributed by atoms with E-state index < -0.39 is 29.4 Å². The normalized spacial score (nSPS) is 11.0. The third-order valence-corrected chi connectivity index (χ3v) is 6.59. The highest BCUT2D eigenvalue weighted by Gasteiger charge is 2.36. The van der Waals surface area contributed by atoms with Crippen LogP contribution < -0.4 is 24.6 Å². The van der Waals surface area contributed by atoms with Crippen LogP contribution in [-0.2, 0) is 25.7 Å². The van der Waals surface area contributed by atoms with Gasteiger partial charge in [-0.1, -0.05) is 17.7 Å². The second-order valence-corrected chi connectivity index (χ2v) is 9.43. The minimum atomic E-state index is -1.69. The van der Waals surface area contributed by atoms with E-state index in [2.05, 4.69) is 15.0 Å². The molecule has 0 atom stereocenters. The van der Waals surface area contributed by atoms with Gasteiger partial charge in [-0.05, 0) is 26.0 Å². The summed E-state index contributed by atoms with van der Waals surface area (Å²) in [6, 6.07) is 6.97. The first-order valence-electron chi connectivity index (χ1n) is 13.6. The van der Waals surface area contributed by atoms with E-state index in [0.717, 1.165) is 4.57 Å². The number of hydrogen-bond acceptors (Lipinski definition) is 12. The predicted octanol–water partition coefficient (Wildman–Crippen LogP) is 3.08. The third-order valence-electron chi connectivity index (χ3n) is 6.29. The molecule has 45 heavy (non-hydrogen) atoms. The van der Waals surface area contributed by atoms with Crippen LogP contribution in [0.3, 0.4) is 0 Å². The van der Waals surface area contributed by atoms with Gasteiger partial charge in [-0.2, -0.15) is 4.98 Å². The summed E-state index contributed by atoms with van der Waals surface area (Å²) in [6.45, 7) is 2.28. The molecule has 0 spiro atoms. The summed E-state index contributed by atoms with van der Waals surface area (Å²) in [4.78, 5) is 50.1. The first-order chi connectivity index (χ1) is 21.7. The smallest absolute Gasteiger partial charge is 0.332 e. The van der Waals surface area contributed by atoms with Gasteiger partial charge in [0.15, 0.2) is 23.0 Å². The number of carbonyl (C=O) groups excluding carboxylic acids is 2. The zero-order chi connectivity index (χ0) is 32.7. The van der Waals surface area contributed by atoms with Gasteiger partial charge in [0, 0.05) is 12.1 Å². The molecule has 0 amide bonds. The number of halogens is 2. The number of rotatable bonds is 14. The highest BCUT2D eigenvalue weighted by atomic mass is 35.5. The van der Waals surface area contributed by atoms with E-state index in [4.69, 9.17) is 40.0 Å². The van der Waals surface area contributed by atoms with Crippen molar-refractivity contribution in [1.82, 2.24) is 19.5 Å². The molecule has 240 valence electrons. The number of ether oxygens (including phenoxy) is 6. The number of imidazole rings is 1. The maximum absolute atomic E-state index is 14.6. The number of esters is 2. The number of H-pyrrole nitrogens is 1. The monoisotopic (exact) mass is 648 g/mol. The van der Waals surface area contributed by atoms with Crippen LogP contribution in [0, 0.1) is 5.82 Å². The lowest BCUT2D eigenvalue weighted by Crippen LogP contribution is -2.28. The number of nitrogens with zero attached hydrogens (tertiary/aromatic N) is 3. The number of fused-ring (bicyclic) bond motifs is 1. The molecule has 2 heterocycles. The summed E-state index contributed by atoms with van der Waals surface area (Å²) in [5.74, 6) is -4.38. The first-order valence-corrected chi connectivity index (χ1v) is 14.0. The van der Waals surface area contributed by atoms with E-state index in [0.29, 0.717) is 0 Å². The summed E-state index contributed by atoms with van der Waals surface area (Å²) in [5, 5.41) is 9.30. The Kier molecular flexibility index (Phi) is 10.8. The van der Waals surface area contributed by atoms with E-state index in [1.54, 1.807) is 19.9 Å². The minimum Gasteiger partial charge on any atom is -0.496 e. The Labute approximate surface area is 260 Å². The summed E-state index contributed by atoms with van der Waals surface area (Å²) >= 11 is 6.62. The van der Waals surface area contributed by atoms with Gasteiger partial charge in [-0.25, -0.2) is 18.7 Å². The van der Waals surface area contributed by atoms with Gasteiger partial charge in [0.05, 0.1) is 50.3 Å². The number of aromatic amines is 1. The van der Waals surface area contributed by atoms with Gasteiger partial charge in [-0.15, -0.1) is 0 Å². The molecule has 0 aliphatic carbocycles. The van der Waals surface area contributed by atoms with Crippen LogP contribution in [0.2, 0.25) is 5.02 Å². The molecule has 0 radical (unpaired) electrons. The van der Waals surface area contributed by atoms with Gasteiger partial charge >= 0.3 is 17.6 Å². The fourth-order valence-electron chi connectivity index (χ4n) is 4.33. The van der Waals surface area contributed by atoms with E-state index in [1.165, 1.54) is 38.5 Å². The van der Waals surface area contributed by atoms with E-state index in [9.17, 15) is 23.9 Å². The largest absolute Gasteiger partial charge is 0.496 e. The second-order valence-electron chi connectivity index (χ2n) is 9.02. The molecule has 0 saturated heterocycles. The van der Waals surface area contributed by atoms with Crippen molar-refractivity contribution in [3.05, 3.63) is 63.0 Å². The maximum Gasteiger partial charge on any atom is 0.332 e. The van der Waals surface area contributed by atoms with Crippen molar-refractivity contribution in [3.8, 4) is 28.8 Å². The van der Waals surface area contributed by atoms with Gasteiger partial charge in [0.2, 0.25) is 11.8 Å². The number of methoxy groups -OCH3 is 2. The highest BCUT2D eigenvalue weighted by molar-refractivity contribution is 6.32. The molecular formula is C29H30ClFN4O10. The second kappa shape index (κ2) is 14.7. The van der Waals surface area contributed by atoms with E-state index in [1.807, 2.05) is 0 Å². The predicted molar refractivity (Wildman–Crippen MR) is 157 cm³/mol. The Balaban J connectivity index is 1.90. The number of hydrogen-bond donors (Lipinski definition) is 2. The number of benzene rings is 2. The average Bonchev–Trinajstić information content (AvgIpc) is 3.35. The number of aliphatic hydroxyl groups is 1. The molecule has 14 nitrogen and oxygen atoms in total. The van der Waals surface area contributed by atoms with Crippen LogP contribution >= 0.6 is 11.6 Å². The van der Waals surface area contributed by atoms with Crippen molar-refractivity contribution in [3.63, 3.8) is 0 Å². The first kappa shape index (κ1) is 33.0. The van der Waals surface area contributed by atoms with Crippen molar-refractivity contribution in [1.29, 1.82) is 0 Å².